The molecule has 0 bridgehead atoms. The number of aromatic nitrogens is 1. The van der Waals surface area contributed by atoms with Gasteiger partial charge in [-0.15, -0.1) is 0 Å². The Morgan fingerprint density at radius 1 is 1.46 bits per heavy atom. The quantitative estimate of drug-likeness (QED) is 0.328. The lowest BCUT2D eigenvalue weighted by atomic mass is 10.2. The molecule has 2 amide bonds. The highest BCUT2D eigenvalue weighted by atomic mass is 16.2. The summed E-state index contributed by atoms with van der Waals surface area (Å²) in [5, 5.41) is 2.82. The molecule has 1 aromatic rings. The minimum absolute atomic E-state index is 0.0341. The van der Waals surface area contributed by atoms with Crippen molar-refractivity contribution in [3.8, 4) is 0 Å². The van der Waals surface area contributed by atoms with Gasteiger partial charge in [-0.25, -0.2) is 4.98 Å². The molecule has 1 fully saturated rings. The normalized spacial score (nSPS) is 17.6. The number of hydrogen-bond donors (Lipinski definition) is 5. The molecule has 2 heterocycles. The van der Waals surface area contributed by atoms with Crippen molar-refractivity contribution in [2.24, 2.45) is 11.6 Å². The summed E-state index contributed by atoms with van der Waals surface area (Å²) < 4.78 is 0. The summed E-state index contributed by atoms with van der Waals surface area (Å²) in [6.45, 7) is 0.809. The number of rotatable bonds is 6. The third kappa shape index (κ3) is 4.13. The van der Waals surface area contributed by atoms with Crippen LogP contribution < -0.4 is 28.1 Å². The van der Waals surface area contributed by atoms with E-state index >= 15 is 0 Å². The van der Waals surface area contributed by atoms with E-state index < -0.39 is 6.04 Å². The average Bonchev–Trinajstić information content (AvgIpc) is 3.08. The molecule has 0 aliphatic carbocycles. The molecular formula is C15H23N7O2. The van der Waals surface area contributed by atoms with Crippen LogP contribution in [0, 0.1) is 0 Å². The van der Waals surface area contributed by atoms with Gasteiger partial charge in [0.25, 0.3) is 0 Å². The fourth-order valence-electron chi connectivity index (χ4n) is 2.66. The van der Waals surface area contributed by atoms with Crippen LogP contribution in [0.15, 0.2) is 30.2 Å². The molecule has 24 heavy (non-hydrogen) atoms. The van der Waals surface area contributed by atoms with E-state index in [1.807, 2.05) is 0 Å². The standard InChI is InChI=1S/C15H23N7O2/c16-8-11(21-18)7-13(23)22-6-2-4-12(22)15(24)20-9-10-3-1-5-19-14(10)17/h1,3,5,8,12,21H,2,4,6-7,9,16,18H2,(H2,17,19)(H,20,24)/b11-8-. The Morgan fingerprint density at radius 3 is 2.92 bits per heavy atom. The topological polar surface area (TPSA) is 152 Å². The number of nitrogens with two attached hydrogens (primary N) is 3. The molecular weight excluding hydrogens is 310 g/mol. The predicted molar refractivity (Wildman–Crippen MR) is 89.4 cm³/mol. The summed E-state index contributed by atoms with van der Waals surface area (Å²) in [6, 6.07) is 3.06. The largest absolute Gasteiger partial charge is 0.403 e. The smallest absolute Gasteiger partial charge is 0.243 e. The lowest BCUT2D eigenvalue weighted by Gasteiger charge is -2.24. The molecule has 0 saturated carbocycles. The van der Waals surface area contributed by atoms with Gasteiger partial charge in [-0.1, -0.05) is 6.07 Å². The van der Waals surface area contributed by atoms with E-state index in [-0.39, 0.29) is 24.8 Å². The summed E-state index contributed by atoms with van der Waals surface area (Å²) >= 11 is 0. The third-order valence-corrected chi connectivity index (χ3v) is 3.98. The number of nitrogen functional groups attached to an aromatic ring is 1. The van der Waals surface area contributed by atoms with Gasteiger partial charge in [0, 0.05) is 31.0 Å². The Morgan fingerprint density at radius 2 is 2.25 bits per heavy atom. The second kappa shape index (κ2) is 8.16. The van der Waals surface area contributed by atoms with Gasteiger partial charge in [0.1, 0.15) is 11.9 Å². The number of likely N-dealkylation sites (tertiary alicyclic amines) is 1. The monoisotopic (exact) mass is 333 g/mol. The molecule has 1 aromatic heterocycles. The van der Waals surface area contributed by atoms with Crippen molar-refractivity contribution in [1.82, 2.24) is 20.6 Å². The first-order valence-corrected chi connectivity index (χ1v) is 7.70. The van der Waals surface area contributed by atoms with E-state index in [2.05, 4.69) is 15.7 Å². The van der Waals surface area contributed by atoms with Gasteiger partial charge in [0.2, 0.25) is 11.8 Å². The van der Waals surface area contributed by atoms with Gasteiger partial charge in [0.05, 0.1) is 12.1 Å². The SMILES string of the molecule is N/C=C(/CC(=O)N1CCCC1C(=O)NCc1cccnc1N)NN. The molecule has 1 aliphatic heterocycles. The number of anilines is 1. The van der Waals surface area contributed by atoms with Gasteiger partial charge >= 0.3 is 0 Å². The Balaban J connectivity index is 1.95. The molecule has 8 N–H and O–H groups in total. The molecule has 1 aliphatic rings. The minimum atomic E-state index is -0.493. The maximum Gasteiger partial charge on any atom is 0.243 e. The van der Waals surface area contributed by atoms with E-state index in [9.17, 15) is 9.59 Å². The van der Waals surface area contributed by atoms with Crippen molar-refractivity contribution in [3.63, 3.8) is 0 Å². The summed E-state index contributed by atoms with van der Waals surface area (Å²) in [6.07, 6.45) is 4.26. The van der Waals surface area contributed by atoms with Gasteiger partial charge in [-0.05, 0) is 18.9 Å². The van der Waals surface area contributed by atoms with E-state index in [1.54, 1.807) is 23.2 Å². The molecule has 1 atom stereocenters. The van der Waals surface area contributed by atoms with Gasteiger partial charge in [0.15, 0.2) is 0 Å². The molecule has 130 valence electrons. The van der Waals surface area contributed by atoms with Crippen LogP contribution in [0.3, 0.4) is 0 Å². The van der Waals surface area contributed by atoms with Crippen LogP contribution in [0.1, 0.15) is 24.8 Å². The van der Waals surface area contributed by atoms with Crippen molar-refractivity contribution in [3.05, 3.63) is 35.8 Å². The Kier molecular flexibility index (Phi) is 5.96. The minimum Gasteiger partial charge on any atom is -0.403 e. The number of carbonyl (C=O) groups excluding carboxylic acids is 2. The highest BCUT2D eigenvalue weighted by Gasteiger charge is 2.33. The Labute approximate surface area is 140 Å². The zero-order valence-corrected chi connectivity index (χ0v) is 13.4. The number of nitrogens with one attached hydrogen (secondary N) is 2. The zero-order chi connectivity index (χ0) is 17.5. The number of amides is 2. The fraction of sp³-hybridized carbons (Fsp3) is 0.400. The second-order valence-corrected chi connectivity index (χ2v) is 5.52. The number of pyridine rings is 1. The van der Waals surface area contributed by atoms with E-state index in [0.717, 1.165) is 12.0 Å². The fourth-order valence-corrected chi connectivity index (χ4v) is 2.66. The van der Waals surface area contributed by atoms with Crippen LogP contribution in [0.25, 0.3) is 0 Å². The summed E-state index contributed by atoms with van der Waals surface area (Å²) in [5.41, 5.74) is 14.7. The summed E-state index contributed by atoms with van der Waals surface area (Å²) in [4.78, 5) is 30.3. The summed E-state index contributed by atoms with van der Waals surface area (Å²) in [5.74, 6) is 5.27. The zero-order valence-electron chi connectivity index (χ0n) is 13.4. The highest BCUT2D eigenvalue weighted by Crippen LogP contribution is 2.19. The van der Waals surface area contributed by atoms with Gasteiger partial charge in [-0.3, -0.25) is 15.4 Å². The first kappa shape index (κ1) is 17.5. The number of nitrogens with zero attached hydrogens (tertiary/aromatic N) is 2. The number of hydrogen-bond acceptors (Lipinski definition) is 7. The van der Waals surface area contributed by atoms with Crippen LogP contribution in [-0.4, -0.2) is 34.3 Å². The van der Waals surface area contributed by atoms with Crippen molar-refractivity contribution >= 4 is 17.6 Å². The number of hydrazine groups is 1. The lowest BCUT2D eigenvalue weighted by molar-refractivity contribution is -0.138. The van der Waals surface area contributed by atoms with Crippen LogP contribution >= 0.6 is 0 Å². The predicted octanol–water partition coefficient (Wildman–Crippen LogP) is -1.08. The number of carbonyl (C=O) groups is 2. The second-order valence-electron chi connectivity index (χ2n) is 5.52. The van der Waals surface area contributed by atoms with Crippen LogP contribution in [-0.2, 0) is 16.1 Å². The molecule has 0 spiro atoms. The Hall–Kier alpha value is -2.81. The van der Waals surface area contributed by atoms with Crippen molar-refractivity contribution in [2.45, 2.75) is 31.8 Å². The first-order chi connectivity index (χ1) is 11.6. The third-order valence-electron chi connectivity index (χ3n) is 3.98. The van der Waals surface area contributed by atoms with Gasteiger partial charge in [-0.2, -0.15) is 0 Å². The molecule has 9 heteroatoms. The maximum absolute atomic E-state index is 12.4. The highest BCUT2D eigenvalue weighted by molar-refractivity contribution is 5.89. The molecule has 0 radical (unpaired) electrons. The first-order valence-electron chi connectivity index (χ1n) is 7.70. The molecule has 0 aromatic carbocycles. The van der Waals surface area contributed by atoms with E-state index in [1.165, 1.54) is 6.20 Å². The summed E-state index contributed by atoms with van der Waals surface area (Å²) in [7, 11) is 0. The molecule has 9 nitrogen and oxygen atoms in total. The molecule has 1 unspecified atom stereocenters. The van der Waals surface area contributed by atoms with Gasteiger partial charge < -0.3 is 27.1 Å². The van der Waals surface area contributed by atoms with Crippen molar-refractivity contribution in [2.75, 3.05) is 12.3 Å². The van der Waals surface area contributed by atoms with Crippen LogP contribution in [0.2, 0.25) is 0 Å². The van der Waals surface area contributed by atoms with E-state index in [4.69, 9.17) is 17.3 Å². The molecule has 2 rings (SSSR count). The Bertz CT molecular complexity index is 632. The van der Waals surface area contributed by atoms with Crippen molar-refractivity contribution < 1.29 is 9.59 Å². The molecule has 1 saturated heterocycles. The van der Waals surface area contributed by atoms with Crippen LogP contribution in [0.4, 0.5) is 5.82 Å². The lowest BCUT2D eigenvalue weighted by Crippen LogP contribution is -2.46. The van der Waals surface area contributed by atoms with E-state index in [0.29, 0.717) is 24.5 Å². The average molecular weight is 333 g/mol. The van der Waals surface area contributed by atoms with Crippen LogP contribution in [0.5, 0.6) is 0 Å². The maximum atomic E-state index is 12.4. The van der Waals surface area contributed by atoms with Crippen molar-refractivity contribution in [1.29, 1.82) is 0 Å².